The van der Waals surface area contributed by atoms with Gasteiger partial charge in [0, 0.05) is 11.8 Å². The molecular formula is C10H12Cl2FN3. The lowest BCUT2D eigenvalue weighted by molar-refractivity contribution is 0.585. The number of anilines is 1. The first-order chi connectivity index (χ1) is 6.75. The first-order valence-corrected chi connectivity index (χ1v) is 4.27. The van der Waals surface area contributed by atoms with E-state index in [1.54, 1.807) is 35.3 Å². The molecule has 2 N–H and O–H groups in total. The number of halogens is 3. The van der Waals surface area contributed by atoms with E-state index in [2.05, 4.69) is 5.10 Å². The number of hydrogen-bond acceptors (Lipinski definition) is 2. The lowest BCUT2D eigenvalue weighted by atomic mass is 10.2. The van der Waals surface area contributed by atoms with E-state index in [9.17, 15) is 4.39 Å². The molecule has 0 unspecified atom stereocenters. The molecule has 0 bridgehead atoms. The zero-order chi connectivity index (χ0) is 9.97. The highest BCUT2D eigenvalue weighted by Crippen LogP contribution is 2.08. The predicted molar refractivity (Wildman–Crippen MR) is 66.6 cm³/mol. The van der Waals surface area contributed by atoms with E-state index in [4.69, 9.17) is 5.73 Å². The molecule has 6 heteroatoms. The van der Waals surface area contributed by atoms with Gasteiger partial charge in [-0.3, -0.25) is 4.68 Å². The maximum Gasteiger partial charge on any atom is 0.128 e. The molecule has 2 rings (SSSR count). The van der Waals surface area contributed by atoms with Crippen LogP contribution in [0.5, 0.6) is 0 Å². The summed E-state index contributed by atoms with van der Waals surface area (Å²) < 4.78 is 14.8. The number of nitrogen functional groups attached to an aromatic ring is 1. The molecule has 0 aliphatic carbocycles. The van der Waals surface area contributed by atoms with E-state index in [1.807, 2.05) is 0 Å². The van der Waals surface area contributed by atoms with Crippen LogP contribution < -0.4 is 5.73 Å². The van der Waals surface area contributed by atoms with Crippen LogP contribution in [0, 0.1) is 5.82 Å². The minimum absolute atomic E-state index is 0. The Labute approximate surface area is 105 Å². The second-order valence-corrected chi connectivity index (χ2v) is 3.06. The Morgan fingerprint density at radius 1 is 1.25 bits per heavy atom. The molecule has 16 heavy (non-hydrogen) atoms. The van der Waals surface area contributed by atoms with Crippen LogP contribution >= 0.6 is 24.8 Å². The Bertz CT molecular complexity index is 445. The van der Waals surface area contributed by atoms with Crippen LogP contribution in [-0.2, 0) is 6.54 Å². The molecular weight excluding hydrogens is 252 g/mol. The van der Waals surface area contributed by atoms with Gasteiger partial charge in [-0.25, -0.2) is 4.39 Å². The van der Waals surface area contributed by atoms with Crippen LogP contribution in [0.4, 0.5) is 10.1 Å². The van der Waals surface area contributed by atoms with Crippen LogP contribution in [-0.4, -0.2) is 9.78 Å². The van der Waals surface area contributed by atoms with E-state index in [-0.39, 0.29) is 30.6 Å². The molecule has 0 aliphatic heterocycles. The van der Waals surface area contributed by atoms with Gasteiger partial charge in [0.15, 0.2) is 0 Å². The van der Waals surface area contributed by atoms with Crippen molar-refractivity contribution in [1.82, 2.24) is 9.78 Å². The molecule has 0 atom stereocenters. The Kier molecular flexibility index (Phi) is 5.85. The second-order valence-electron chi connectivity index (χ2n) is 3.06. The topological polar surface area (TPSA) is 43.8 Å². The molecule has 1 heterocycles. The summed E-state index contributed by atoms with van der Waals surface area (Å²) >= 11 is 0. The van der Waals surface area contributed by atoms with Gasteiger partial charge in [0.2, 0.25) is 0 Å². The van der Waals surface area contributed by atoms with Crippen LogP contribution in [0.25, 0.3) is 0 Å². The number of hydrogen-bond donors (Lipinski definition) is 1. The van der Waals surface area contributed by atoms with Crippen molar-refractivity contribution in [3.05, 3.63) is 48.0 Å². The molecule has 0 saturated heterocycles. The van der Waals surface area contributed by atoms with Crippen LogP contribution in [0.15, 0.2) is 36.7 Å². The predicted octanol–water partition coefficient (Wildman–Crippen LogP) is 2.50. The molecule has 0 amide bonds. The van der Waals surface area contributed by atoms with E-state index >= 15 is 0 Å². The third kappa shape index (κ3) is 3.40. The zero-order valence-electron chi connectivity index (χ0n) is 8.34. The molecule has 0 saturated carbocycles. The standard InChI is InChI=1S/C10H10FN3.2ClH/c11-10-4-2-1-3-8(10)6-14-7-9(12)5-13-14;;/h1-5,7H,6,12H2;2*1H. The van der Waals surface area contributed by atoms with Crippen LogP contribution in [0.1, 0.15) is 5.56 Å². The average Bonchev–Trinajstić information content (AvgIpc) is 2.56. The number of aromatic nitrogens is 2. The van der Waals surface area contributed by atoms with Gasteiger partial charge < -0.3 is 5.73 Å². The van der Waals surface area contributed by atoms with Gasteiger partial charge in [0.1, 0.15) is 5.82 Å². The molecule has 88 valence electrons. The molecule has 1 aromatic carbocycles. The summed E-state index contributed by atoms with van der Waals surface area (Å²) in [4.78, 5) is 0. The summed E-state index contributed by atoms with van der Waals surface area (Å²) in [5, 5.41) is 3.98. The number of nitrogens with two attached hydrogens (primary N) is 1. The fourth-order valence-electron chi connectivity index (χ4n) is 1.27. The quantitative estimate of drug-likeness (QED) is 0.905. The summed E-state index contributed by atoms with van der Waals surface area (Å²) in [6, 6.07) is 6.62. The van der Waals surface area contributed by atoms with E-state index < -0.39 is 0 Å². The summed E-state index contributed by atoms with van der Waals surface area (Å²) in [6.07, 6.45) is 3.22. The van der Waals surface area contributed by atoms with Crippen molar-refractivity contribution in [1.29, 1.82) is 0 Å². The summed E-state index contributed by atoms with van der Waals surface area (Å²) in [5.74, 6) is -0.221. The van der Waals surface area contributed by atoms with Crippen molar-refractivity contribution >= 4 is 30.5 Å². The fourth-order valence-corrected chi connectivity index (χ4v) is 1.27. The monoisotopic (exact) mass is 263 g/mol. The van der Waals surface area contributed by atoms with Gasteiger partial charge in [-0.1, -0.05) is 18.2 Å². The number of nitrogens with zero attached hydrogens (tertiary/aromatic N) is 2. The average molecular weight is 264 g/mol. The summed E-state index contributed by atoms with van der Waals surface area (Å²) in [5.41, 5.74) is 6.68. The highest BCUT2D eigenvalue weighted by atomic mass is 35.5. The molecule has 1 aromatic heterocycles. The third-order valence-electron chi connectivity index (χ3n) is 1.94. The van der Waals surface area contributed by atoms with Crippen molar-refractivity contribution < 1.29 is 4.39 Å². The maximum atomic E-state index is 13.2. The van der Waals surface area contributed by atoms with E-state index in [1.165, 1.54) is 6.07 Å². The highest BCUT2D eigenvalue weighted by Gasteiger charge is 2.01. The zero-order valence-corrected chi connectivity index (χ0v) is 9.97. The lowest BCUT2D eigenvalue weighted by Gasteiger charge is -2.02. The fraction of sp³-hybridized carbons (Fsp3) is 0.100. The SMILES string of the molecule is Cl.Cl.Nc1cnn(Cc2ccccc2F)c1. The van der Waals surface area contributed by atoms with Gasteiger partial charge in [-0.15, -0.1) is 24.8 Å². The Morgan fingerprint density at radius 3 is 2.50 bits per heavy atom. The van der Waals surface area contributed by atoms with Crippen LogP contribution in [0.3, 0.4) is 0 Å². The first kappa shape index (κ1) is 14.7. The minimum Gasteiger partial charge on any atom is -0.396 e. The lowest BCUT2D eigenvalue weighted by Crippen LogP contribution is -2.01. The summed E-state index contributed by atoms with van der Waals surface area (Å²) in [7, 11) is 0. The largest absolute Gasteiger partial charge is 0.396 e. The third-order valence-corrected chi connectivity index (χ3v) is 1.94. The molecule has 0 radical (unpaired) electrons. The van der Waals surface area contributed by atoms with E-state index in [0.717, 1.165) is 0 Å². The second kappa shape index (κ2) is 6.35. The highest BCUT2D eigenvalue weighted by molar-refractivity contribution is 5.85. The first-order valence-electron chi connectivity index (χ1n) is 4.27. The number of rotatable bonds is 2. The van der Waals surface area contributed by atoms with Crippen molar-refractivity contribution in [3.63, 3.8) is 0 Å². The van der Waals surface area contributed by atoms with Crippen molar-refractivity contribution in [3.8, 4) is 0 Å². The molecule has 3 nitrogen and oxygen atoms in total. The van der Waals surface area contributed by atoms with Gasteiger partial charge >= 0.3 is 0 Å². The minimum atomic E-state index is -0.221. The molecule has 2 aromatic rings. The Morgan fingerprint density at radius 2 is 1.94 bits per heavy atom. The smallest absolute Gasteiger partial charge is 0.128 e. The van der Waals surface area contributed by atoms with E-state index in [0.29, 0.717) is 17.8 Å². The molecule has 0 spiro atoms. The maximum absolute atomic E-state index is 13.2. The van der Waals surface area contributed by atoms with Crippen LogP contribution in [0.2, 0.25) is 0 Å². The van der Waals surface area contributed by atoms with Crippen molar-refractivity contribution in [2.45, 2.75) is 6.54 Å². The van der Waals surface area contributed by atoms with Crippen molar-refractivity contribution in [2.24, 2.45) is 0 Å². The number of benzene rings is 1. The normalized spacial score (nSPS) is 9.06. The van der Waals surface area contributed by atoms with Gasteiger partial charge in [0.05, 0.1) is 18.4 Å². The molecule has 0 fully saturated rings. The van der Waals surface area contributed by atoms with Gasteiger partial charge in [-0.05, 0) is 6.07 Å². The van der Waals surface area contributed by atoms with Gasteiger partial charge in [0.25, 0.3) is 0 Å². The van der Waals surface area contributed by atoms with Gasteiger partial charge in [-0.2, -0.15) is 5.10 Å². The molecule has 0 aliphatic rings. The summed E-state index contributed by atoms with van der Waals surface area (Å²) in [6.45, 7) is 0.407. The Hall–Kier alpha value is -1.26. The Balaban J connectivity index is 0.00000112. The van der Waals surface area contributed by atoms with Crippen molar-refractivity contribution in [2.75, 3.05) is 5.73 Å².